The average Bonchev–Trinajstić information content (AvgIpc) is 3.34. The van der Waals surface area contributed by atoms with E-state index in [-0.39, 0.29) is 17.9 Å². The van der Waals surface area contributed by atoms with Crippen molar-refractivity contribution in [2.45, 2.75) is 38.3 Å². The lowest BCUT2D eigenvalue weighted by Gasteiger charge is -2.33. The summed E-state index contributed by atoms with van der Waals surface area (Å²) in [6.45, 7) is 4.10. The summed E-state index contributed by atoms with van der Waals surface area (Å²) in [6.07, 6.45) is 3.40. The Bertz CT molecular complexity index is 1150. The molecule has 0 saturated carbocycles. The molecule has 1 N–H and O–H groups in total. The summed E-state index contributed by atoms with van der Waals surface area (Å²) in [6, 6.07) is 18.2. The Labute approximate surface area is 193 Å². The number of methoxy groups -OCH3 is 1. The minimum absolute atomic E-state index is 0.129. The van der Waals surface area contributed by atoms with Crippen molar-refractivity contribution in [3.05, 3.63) is 78.1 Å². The van der Waals surface area contributed by atoms with Crippen LogP contribution >= 0.6 is 0 Å². The van der Waals surface area contributed by atoms with Crippen LogP contribution in [0.3, 0.4) is 0 Å². The number of likely N-dealkylation sites (tertiary alicyclic amines) is 1. The molecule has 1 aliphatic heterocycles. The summed E-state index contributed by atoms with van der Waals surface area (Å²) < 4.78 is 5.31. The van der Waals surface area contributed by atoms with E-state index in [1.165, 1.54) is 0 Å². The van der Waals surface area contributed by atoms with Gasteiger partial charge in [-0.1, -0.05) is 30.3 Å². The summed E-state index contributed by atoms with van der Waals surface area (Å²) in [4.78, 5) is 37.2. The molecule has 1 saturated heterocycles. The van der Waals surface area contributed by atoms with Gasteiger partial charge < -0.3 is 15.0 Å². The highest BCUT2D eigenvalue weighted by Crippen LogP contribution is 2.33. The van der Waals surface area contributed by atoms with E-state index < -0.39 is 5.54 Å². The zero-order valence-electron chi connectivity index (χ0n) is 19.1. The molecule has 7 nitrogen and oxygen atoms in total. The van der Waals surface area contributed by atoms with Gasteiger partial charge in [0.1, 0.15) is 11.3 Å². The second-order valence-electron chi connectivity index (χ2n) is 8.64. The summed E-state index contributed by atoms with van der Waals surface area (Å²) in [5.41, 5.74) is 1.11. The van der Waals surface area contributed by atoms with Crippen molar-refractivity contribution >= 4 is 11.8 Å². The summed E-state index contributed by atoms with van der Waals surface area (Å²) >= 11 is 0. The highest BCUT2D eigenvalue weighted by Gasteiger charge is 2.40. The molecule has 1 aromatic heterocycles. The molecule has 0 radical (unpaired) electrons. The third-order valence-electron chi connectivity index (χ3n) is 5.86. The van der Waals surface area contributed by atoms with E-state index in [1.807, 2.05) is 41.3 Å². The molecular formula is C26H28N4O3. The van der Waals surface area contributed by atoms with Gasteiger partial charge in [-0.3, -0.25) is 9.59 Å². The predicted molar refractivity (Wildman–Crippen MR) is 126 cm³/mol. The molecule has 2 heterocycles. The Morgan fingerprint density at radius 3 is 2.64 bits per heavy atom. The Morgan fingerprint density at radius 1 is 1.09 bits per heavy atom. The van der Waals surface area contributed by atoms with Gasteiger partial charge in [-0.05, 0) is 57.0 Å². The summed E-state index contributed by atoms with van der Waals surface area (Å²) in [5, 5.41) is 2.89. The number of rotatable bonds is 6. The fraction of sp³-hybridized carbons (Fsp3) is 0.308. The molecule has 170 valence electrons. The SMILES string of the molecule is COc1cccc(-c2nccc(C3CCCN3C(=O)C(C)(C)NC(=O)c3ccccc3)n2)c1. The van der Waals surface area contributed by atoms with Gasteiger partial charge in [0.25, 0.3) is 5.91 Å². The quantitative estimate of drug-likeness (QED) is 0.621. The van der Waals surface area contributed by atoms with E-state index in [0.717, 1.165) is 29.8 Å². The van der Waals surface area contributed by atoms with Gasteiger partial charge in [0.15, 0.2) is 5.82 Å². The van der Waals surface area contributed by atoms with E-state index in [9.17, 15) is 9.59 Å². The van der Waals surface area contributed by atoms with Crippen molar-refractivity contribution in [3.8, 4) is 17.1 Å². The minimum Gasteiger partial charge on any atom is -0.497 e. The molecule has 1 atom stereocenters. The maximum Gasteiger partial charge on any atom is 0.252 e. The summed E-state index contributed by atoms with van der Waals surface area (Å²) in [7, 11) is 1.62. The first-order valence-electron chi connectivity index (χ1n) is 11.0. The highest BCUT2D eigenvalue weighted by atomic mass is 16.5. The topological polar surface area (TPSA) is 84.4 Å². The molecule has 1 aliphatic rings. The Morgan fingerprint density at radius 2 is 1.88 bits per heavy atom. The number of hydrogen-bond donors (Lipinski definition) is 1. The lowest BCUT2D eigenvalue weighted by Crippen LogP contribution is -2.55. The van der Waals surface area contributed by atoms with Gasteiger partial charge in [-0.2, -0.15) is 0 Å². The first-order valence-corrected chi connectivity index (χ1v) is 11.0. The maximum atomic E-state index is 13.5. The number of hydrogen-bond acceptors (Lipinski definition) is 5. The van der Waals surface area contributed by atoms with E-state index in [1.54, 1.807) is 51.4 Å². The van der Waals surface area contributed by atoms with Crippen molar-refractivity contribution < 1.29 is 14.3 Å². The number of amides is 2. The van der Waals surface area contributed by atoms with Gasteiger partial charge in [0.05, 0.1) is 18.8 Å². The number of nitrogens with zero attached hydrogens (tertiary/aromatic N) is 3. The second kappa shape index (κ2) is 9.40. The Hall–Kier alpha value is -3.74. The normalized spacial score (nSPS) is 15.8. The number of aromatic nitrogens is 2. The van der Waals surface area contributed by atoms with Crippen LogP contribution < -0.4 is 10.1 Å². The average molecular weight is 445 g/mol. The van der Waals surface area contributed by atoms with Crippen molar-refractivity contribution in [3.63, 3.8) is 0 Å². The van der Waals surface area contributed by atoms with Gasteiger partial charge in [-0.25, -0.2) is 9.97 Å². The largest absolute Gasteiger partial charge is 0.497 e. The van der Waals surface area contributed by atoms with Crippen LogP contribution in [0.4, 0.5) is 0 Å². The van der Waals surface area contributed by atoms with E-state index in [2.05, 4.69) is 10.3 Å². The highest BCUT2D eigenvalue weighted by molar-refractivity contribution is 5.99. The fourth-order valence-electron chi connectivity index (χ4n) is 4.13. The van der Waals surface area contributed by atoms with E-state index >= 15 is 0 Å². The number of benzene rings is 2. The number of ether oxygens (including phenoxy) is 1. The fourth-order valence-corrected chi connectivity index (χ4v) is 4.13. The minimum atomic E-state index is -1.06. The molecule has 1 unspecified atom stereocenters. The molecular weight excluding hydrogens is 416 g/mol. The molecule has 0 bridgehead atoms. The van der Waals surface area contributed by atoms with Crippen LogP contribution in [0.25, 0.3) is 11.4 Å². The number of carbonyl (C=O) groups excluding carboxylic acids is 2. The third kappa shape index (κ3) is 4.87. The summed E-state index contributed by atoms with van der Waals surface area (Å²) in [5.74, 6) is 0.917. The van der Waals surface area contributed by atoms with Gasteiger partial charge in [0, 0.05) is 23.9 Å². The smallest absolute Gasteiger partial charge is 0.252 e. The predicted octanol–water partition coefficient (Wildman–Crippen LogP) is 4.02. The van der Waals surface area contributed by atoms with Gasteiger partial charge in [0.2, 0.25) is 5.91 Å². The molecule has 3 aromatic rings. The third-order valence-corrected chi connectivity index (χ3v) is 5.86. The van der Waals surface area contributed by atoms with Crippen LogP contribution in [0.1, 0.15) is 48.8 Å². The Balaban J connectivity index is 1.55. The van der Waals surface area contributed by atoms with E-state index in [4.69, 9.17) is 9.72 Å². The van der Waals surface area contributed by atoms with Crippen LogP contribution in [0.2, 0.25) is 0 Å². The standard InChI is InChI=1S/C26H28N4O3/c1-26(2,29-24(31)18-9-5-4-6-10-18)25(32)30-16-8-13-22(30)21-14-15-27-23(28-21)19-11-7-12-20(17-19)33-3/h4-7,9-12,14-15,17,22H,8,13,16H2,1-3H3,(H,29,31). The van der Waals surface area contributed by atoms with Gasteiger partial charge >= 0.3 is 0 Å². The van der Waals surface area contributed by atoms with Crippen LogP contribution in [0.5, 0.6) is 5.75 Å². The van der Waals surface area contributed by atoms with E-state index in [0.29, 0.717) is 17.9 Å². The van der Waals surface area contributed by atoms with Crippen LogP contribution in [0, 0.1) is 0 Å². The van der Waals surface area contributed by atoms with Crippen LogP contribution in [0.15, 0.2) is 66.9 Å². The molecule has 0 spiro atoms. The molecule has 4 rings (SSSR count). The first kappa shape index (κ1) is 22.5. The second-order valence-corrected chi connectivity index (χ2v) is 8.64. The first-order chi connectivity index (χ1) is 15.9. The molecule has 2 aromatic carbocycles. The zero-order chi connectivity index (χ0) is 23.4. The monoisotopic (exact) mass is 444 g/mol. The maximum absolute atomic E-state index is 13.5. The van der Waals surface area contributed by atoms with Crippen molar-refractivity contribution in [1.29, 1.82) is 0 Å². The van der Waals surface area contributed by atoms with Crippen molar-refractivity contribution in [2.24, 2.45) is 0 Å². The lowest BCUT2D eigenvalue weighted by atomic mass is 10.0. The number of nitrogens with one attached hydrogen (secondary N) is 1. The zero-order valence-corrected chi connectivity index (χ0v) is 19.1. The number of carbonyl (C=O) groups is 2. The van der Waals surface area contributed by atoms with Gasteiger partial charge in [-0.15, -0.1) is 0 Å². The molecule has 0 aliphatic carbocycles. The molecule has 1 fully saturated rings. The van der Waals surface area contributed by atoms with Crippen LogP contribution in [-0.4, -0.2) is 45.9 Å². The molecule has 7 heteroatoms. The lowest BCUT2D eigenvalue weighted by molar-refractivity contribution is -0.137. The Kier molecular flexibility index (Phi) is 6.40. The van der Waals surface area contributed by atoms with Crippen molar-refractivity contribution in [1.82, 2.24) is 20.2 Å². The molecule has 2 amide bonds. The van der Waals surface area contributed by atoms with Crippen LogP contribution in [-0.2, 0) is 4.79 Å². The van der Waals surface area contributed by atoms with Crippen molar-refractivity contribution in [2.75, 3.05) is 13.7 Å². The molecule has 33 heavy (non-hydrogen) atoms.